The largest absolute Gasteiger partial charge is 0.274 e. The molecule has 1 aromatic carbocycles. The minimum atomic E-state index is -3.91. The van der Waals surface area contributed by atoms with E-state index in [4.69, 9.17) is 11.6 Å². The zero-order valence-corrected chi connectivity index (χ0v) is 13.8. The van der Waals surface area contributed by atoms with Crippen molar-refractivity contribution in [3.05, 3.63) is 46.7 Å². The number of halogens is 1. The lowest BCUT2D eigenvalue weighted by Gasteiger charge is -2.08. The number of aryl methyl sites for hydroxylation is 3. The molecule has 22 heavy (non-hydrogen) atoms. The van der Waals surface area contributed by atoms with Crippen molar-refractivity contribution in [3.63, 3.8) is 0 Å². The van der Waals surface area contributed by atoms with E-state index < -0.39 is 15.9 Å². The van der Waals surface area contributed by atoms with E-state index in [0.717, 1.165) is 11.3 Å². The number of benzene rings is 1. The molecule has 2 rings (SSSR count). The molecule has 1 amide bonds. The van der Waals surface area contributed by atoms with Gasteiger partial charge in [0.05, 0.1) is 4.90 Å². The molecule has 0 radical (unpaired) electrons. The first kappa shape index (κ1) is 16.5. The molecule has 6 nitrogen and oxygen atoms in total. The fourth-order valence-electron chi connectivity index (χ4n) is 1.89. The van der Waals surface area contributed by atoms with Crippen LogP contribution in [0.4, 0.5) is 0 Å². The number of nitrogens with one attached hydrogen (secondary N) is 1. The van der Waals surface area contributed by atoms with Crippen LogP contribution in [-0.2, 0) is 28.3 Å². The highest BCUT2D eigenvalue weighted by atomic mass is 35.5. The smallest absolute Gasteiger partial charge is 0.264 e. The first-order chi connectivity index (χ1) is 10.3. The predicted molar refractivity (Wildman–Crippen MR) is 83.0 cm³/mol. The number of nitrogens with zero attached hydrogens (tertiary/aromatic N) is 2. The lowest BCUT2D eigenvalue weighted by Crippen LogP contribution is -2.30. The predicted octanol–water partition coefficient (Wildman–Crippen LogP) is 1.82. The van der Waals surface area contributed by atoms with Crippen molar-refractivity contribution in [2.24, 2.45) is 7.05 Å². The maximum Gasteiger partial charge on any atom is 0.264 e. The molecule has 0 fully saturated rings. The van der Waals surface area contributed by atoms with E-state index in [9.17, 15) is 13.2 Å². The van der Waals surface area contributed by atoms with Gasteiger partial charge < -0.3 is 0 Å². The van der Waals surface area contributed by atoms with Crippen LogP contribution in [0.3, 0.4) is 0 Å². The second-order valence-electron chi connectivity index (χ2n) is 4.89. The average molecular weight is 342 g/mol. The highest BCUT2D eigenvalue weighted by Gasteiger charge is 2.18. The van der Waals surface area contributed by atoms with Crippen LogP contribution < -0.4 is 4.72 Å². The van der Waals surface area contributed by atoms with Gasteiger partial charge in [-0.3, -0.25) is 9.48 Å². The van der Waals surface area contributed by atoms with Crippen LogP contribution in [0.25, 0.3) is 0 Å². The van der Waals surface area contributed by atoms with Gasteiger partial charge in [0.1, 0.15) is 0 Å². The second kappa shape index (κ2) is 6.50. The van der Waals surface area contributed by atoms with Gasteiger partial charge in [-0.2, -0.15) is 5.10 Å². The van der Waals surface area contributed by atoms with Gasteiger partial charge in [-0.1, -0.05) is 17.7 Å². The molecule has 1 N–H and O–H groups in total. The number of hydrogen-bond acceptors (Lipinski definition) is 4. The zero-order chi connectivity index (χ0) is 16.3. The first-order valence-corrected chi connectivity index (χ1v) is 8.44. The Bertz CT molecular complexity index is 799. The minimum Gasteiger partial charge on any atom is -0.274 e. The number of carbonyl (C=O) groups is 1. The van der Waals surface area contributed by atoms with Crippen LogP contribution in [0.5, 0.6) is 0 Å². The number of hydrogen-bond donors (Lipinski definition) is 1. The van der Waals surface area contributed by atoms with Crippen LogP contribution in [0.2, 0.25) is 5.02 Å². The van der Waals surface area contributed by atoms with Crippen molar-refractivity contribution < 1.29 is 13.2 Å². The molecule has 2 aromatic rings. The Balaban J connectivity index is 2.03. The highest BCUT2D eigenvalue weighted by Crippen LogP contribution is 2.19. The van der Waals surface area contributed by atoms with Crippen molar-refractivity contribution >= 4 is 27.5 Å². The monoisotopic (exact) mass is 341 g/mol. The highest BCUT2D eigenvalue weighted by molar-refractivity contribution is 7.90. The third-order valence-electron chi connectivity index (χ3n) is 3.23. The molecule has 0 atom stereocenters. The van der Waals surface area contributed by atoms with Crippen molar-refractivity contribution in [2.45, 2.75) is 24.7 Å². The summed E-state index contributed by atoms with van der Waals surface area (Å²) in [5.41, 5.74) is 1.62. The number of carbonyl (C=O) groups excluding carboxylic acids is 1. The second-order valence-corrected chi connectivity index (χ2v) is 6.98. The Kier molecular flexibility index (Phi) is 4.87. The molecule has 0 unspecified atom stereocenters. The van der Waals surface area contributed by atoms with E-state index >= 15 is 0 Å². The van der Waals surface area contributed by atoms with Crippen molar-refractivity contribution in [2.75, 3.05) is 0 Å². The third-order valence-corrected chi connectivity index (χ3v) is 5.01. The molecule has 0 aliphatic heterocycles. The van der Waals surface area contributed by atoms with Gasteiger partial charge in [-0.15, -0.1) is 0 Å². The average Bonchev–Trinajstić information content (AvgIpc) is 2.84. The molecule has 0 bridgehead atoms. The Hall–Kier alpha value is -1.86. The van der Waals surface area contributed by atoms with Crippen LogP contribution >= 0.6 is 11.6 Å². The number of rotatable bonds is 5. The summed E-state index contributed by atoms with van der Waals surface area (Å²) in [5, 5.41) is 4.32. The molecule has 0 saturated heterocycles. The van der Waals surface area contributed by atoms with Crippen LogP contribution in [-0.4, -0.2) is 24.1 Å². The molecular weight excluding hydrogens is 326 g/mol. The van der Waals surface area contributed by atoms with Gasteiger partial charge in [-0.25, -0.2) is 13.1 Å². The van der Waals surface area contributed by atoms with Crippen LogP contribution in [0.1, 0.15) is 17.7 Å². The van der Waals surface area contributed by atoms with Crippen molar-refractivity contribution in [1.29, 1.82) is 0 Å². The summed E-state index contributed by atoms with van der Waals surface area (Å²) < 4.78 is 27.9. The summed E-state index contributed by atoms with van der Waals surface area (Å²) in [6.07, 6.45) is 2.09. The molecule has 118 valence electrons. The summed E-state index contributed by atoms with van der Waals surface area (Å²) >= 11 is 5.92. The maximum atomic E-state index is 12.1. The molecule has 0 aliphatic carbocycles. The van der Waals surface area contributed by atoms with E-state index in [0.29, 0.717) is 11.4 Å². The summed E-state index contributed by atoms with van der Waals surface area (Å²) in [4.78, 5) is 11.8. The molecule has 1 aromatic heterocycles. The lowest BCUT2D eigenvalue weighted by molar-refractivity contribution is -0.119. The SMILES string of the molecule is Cc1ccc(S(=O)(=O)NC(=O)CCc2ccnn2C)cc1Cl. The van der Waals surface area contributed by atoms with Gasteiger partial charge in [0.15, 0.2) is 0 Å². The number of aromatic nitrogens is 2. The summed E-state index contributed by atoms with van der Waals surface area (Å²) in [7, 11) is -2.14. The van der Waals surface area contributed by atoms with Gasteiger partial charge >= 0.3 is 0 Å². The normalized spacial score (nSPS) is 11.4. The minimum absolute atomic E-state index is 0.0306. The Morgan fingerprint density at radius 1 is 1.36 bits per heavy atom. The van der Waals surface area contributed by atoms with Gasteiger partial charge in [0, 0.05) is 30.4 Å². The Labute approximate surface area is 134 Å². The zero-order valence-electron chi connectivity index (χ0n) is 12.2. The quantitative estimate of drug-likeness (QED) is 0.899. The third kappa shape index (κ3) is 3.86. The topological polar surface area (TPSA) is 81.1 Å². The van der Waals surface area contributed by atoms with Crippen molar-refractivity contribution in [1.82, 2.24) is 14.5 Å². The first-order valence-electron chi connectivity index (χ1n) is 6.58. The Morgan fingerprint density at radius 3 is 2.68 bits per heavy atom. The number of amides is 1. The maximum absolute atomic E-state index is 12.1. The van der Waals surface area contributed by atoms with E-state index in [1.165, 1.54) is 12.1 Å². The van der Waals surface area contributed by atoms with Crippen LogP contribution in [0, 0.1) is 6.92 Å². The summed E-state index contributed by atoms with van der Waals surface area (Å²) in [6, 6.07) is 6.12. The molecular formula is C14H16ClN3O3S. The molecule has 8 heteroatoms. The molecule has 0 spiro atoms. The standard InChI is InChI=1S/C14H16ClN3O3S/c1-10-3-5-12(9-13(10)15)22(20,21)17-14(19)6-4-11-7-8-16-18(11)2/h3,5,7-9H,4,6H2,1-2H3,(H,17,19). The molecule has 0 saturated carbocycles. The fourth-order valence-corrected chi connectivity index (χ4v) is 3.17. The molecule has 1 heterocycles. The molecule has 0 aliphatic rings. The van der Waals surface area contributed by atoms with Gasteiger partial charge in [0.2, 0.25) is 5.91 Å². The number of sulfonamides is 1. The lowest BCUT2D eigenvalue weighted by atomic mass is 10.2. The van der Waals surface area contributed by atoms with E-state index in [-0.39, 0.29) is 11.3 Å². The Morgan fingerprint density at radius 2 is 2.09 bits per heavy atom. The summed E-state index contributed by atoms with van der Waals surface area (Å²) in [5.74, 6) is -0.571. The van der Waals surface area contributed by atoms with Gasteiger partial charge in [0.25, 0.3) is 10.0 Å². The van der Waals surface area contributed by atoms with Crippen LogP contribution in [0.15, 0.2) is 35.4 Å². The summed E-state index contributed by atoms with van der Waals surface area (Å²) in [6.45, 7) is 1.77. The van der Waals surface area contributed by atoms with Crippen molar-refractivity contribution in [3.8, 4) is 0 Å². The van der Waals surface area contributed by atoms with E-state index in [1.54, 1.807) is 37.0 Å². The van der Waals surface area contributed by atoms with E-state index in [2.05, 4.69) is 5.10 Å². The fraction of sp³-hybridized carbons (Fsp3) is 0.286. The van der Waals surface area contributed by atoms with E-state index in [1.807, 2.05) is 4.72 Å². The van der Waals surface area contributed by atoms with Gasteiger partial charge in [-0.05, 0) is 37.1 Å².